The van der Waals surface area contributed by atoms with Gasteiger partial charge in [0.2, 0.25) is 0 Å². The molecule has 0 saturated heterocycles. The normalized spacial score (nSPS) is 12.0. The van der Waals surface area contributed by atoms with Gasteiger partial charge >= 0.3 is 0 Å². The van der Waals surface area contributed by atoms with Crippen LogP contribution in [0.4, 0.5) is 4.39 Å². The summed E-state index contributed by atoms with van der Waals surface area (Å²) < 4.78 is 17.2. The maximum atomic E-state index is 13.2. The number of hydrogen-bond acceptors (Lipinski definition) is 2. The lowest BCUT2D eigenvalue weighted by atomic mass is 10.2. The minimum Gasteiger partial charge on any atom is -0.317 e. The Hall–Kier alpha value is -1.79. The molecular formula is C16H12BrFN2OS. The summed E-state index contributed by atoms with van der Waals surface area (Å²) in [6, 6.07) is 11.5. The van der Waals surface area contributed by atoms with E-state index in [1.807, 2.05) is 29.7 Å². The number of amides is 1. The van der Waals surface area contributed by atoms with E-state index < -0.39 is 11.7 Å². The van der Waals surface area contributed by atoms with E-state index in [-0.39, 0.29) is 5.56 Å². The largest absolute Gasteiger partial charge is 0.317 e. The second kappa shape index (κ2) is 6.14. The first-order valence-electron chi connectivity index (χ1n) is 6.72. The lowest BCUT2D eigenvalue weighted by Gasteiger charge is -2.00. The number of nitrogens with zero attached hydrogens (tertiary/aromatic N) is 2. The fourth-order valence-electron chi connectivity index (χ4n) is 2.21. The molecule has 0 radical (unpaired) electrons. The molecule has 2 aromatic carbocycles. The third-order valence-corrected chi connectivity index (χ3v) is 4.76. The van der Waals surface area contributed by atoms with E-state index >= 15 is 0 Å². The van der Waals surface area contributed by atoms with Gasteiger partial charge in [0.25, 0.3) is 5.91 Å². The van der Waals surface area contributed by atoms with Gasteiger partial charge in [0, 0.05) is 16.6 Å². The Kier molecular flexibility index (Phi) is 4.22. The molecular weight excluding hydrogens is 367 g/mol. The molecule has 22 heavy (non-hydrogen) atoms. The molecule has 3 nitrogen and oxygen atoms in total. The van der Waals surface area contributed by atoms with Crippen molar-refractivity contribution in [1.29, 1.82) is 0 Å². The Labute approximate surface area is 138 Å². The maximum absolute atomic E-state index is 13.2. The molecule has 0 N–H and O–H groups in total. The van der Waals surface area contributed by atoms with E-state index in [4.69, 9.17) is 0 Å². The number of thiazole rings is 1. The van der Waals surface area contributed by atoms with Crippen molar-refractivity contribution < 1.29 is 9.18 Å². The smallest absolute Gasteiger partial charge is 0.279 e. The fourth-order valence-corrected chi connectivity index (χ4v) is 3.86. The predicted molar refractivity (Wildman–Crippen MR) is 89.5 cm³/mol. The summed E-state index contributed by atoms with van der Waals surface area (Å²) in [7, 11) is 0. The average Bonchev–Trinajstić information content (AvgIpc) is 2.83. The highest BCUT2D eigenvalue weighted by atomic mass is 79.9. The number of hydrogen-bond donors (Lipinski definition) is 0. The van der Waals surface area contributed by atoms with Crippen LogP contribution in [0.5, 0.6) is 0 Å². The molecule has 0 unspecified atom stereocenters. The van der Waals surface area contributed by atoms with E-state index in [1.165, 1.54) is 29.5 Å². The summed E-state index contributed by atoms with van der Waals surface area (Å²) in [6.45, 7) is 2.71. The lowest BCUT2D eigenvalue weighted by Crippen LogP contribution is -2.15. The van der Waals surface area contributed by atoms with Gasteiger partial charge in [0.05, 0.1) is 10.2 Å². The summed E-state index contributed by atoms with van der Waals surface area (Å²) in [4.78, 5) is 17.0. The molecule has 0 aliphatic heterocycles. The van der Waals surface area contributed by atoms with Crippen LogP contribution in [0.2, 0.25) is 0 Å². The molecule has 3 rings (SSSR count). The summed E-state index contributed by atoms with van der Waals surface area (Å²) in [5, 5.41) is 0. The van der Waals surface area contributed by atoms with Crippen LogP contribution in [-0.4, -0.2) is 10.5 Å². The Morgan fingerprint density at radius 1 is 1.32 bits per heavy atom. The molecule has 1 heterocycles. The van der Waals surface area contributed by atoms with E-state index in [0.29, 0.717) is 11.3 Å². The summed E-state index contributed by atoms with van der Waals surface area (Å²) in [5.74, 6) is -0.878. The molecule has 0 fully saturated rings. The number of halogens is 2. The third kappa shape index (κ3) is 2.89. The molecule has 112 valence electrons. The highest BCUT2D eigenvalue weighted by molar-refractivity contribution is 9.10. The van der Waals surface area contributed by atoms with Gasteiger partial charge in [-0.05, 0) is 43.3 Å². The van der Waals surface area contributed by atoms with Crippen LogP contribution >= 0.6 is 27.3 Å². The topological polar surface area (TPSA) is 34.4 Å². The Bertz CT molecular complexity index is 929. The second-order valence-corrected chi connectivity index (χ2v) is 6.59. The van der Waals surface area contributed by atoms with Crippen LogP contribution in [0.3, 0.4) is 0 Å². The van der Waals surface area contributed by atoms with Gasteiger partial charge in [-0.2, -0.15) is 4.99 Å². The minimum atomic E-state index is -0.440. The van der Waals surface area contributed by atoms with Crippen LogP contribution < -0.4 is 4.80 Å². The predicted octanol–water partition coefficient (Wildman–Crippen LogP) is 4.37. The molecule has 1 amide bonds. The molecule has 0 saturated carbocycles. The van der Waals surface area contributed by atoms with Crippen molar-refractivity contribution in [3.63, 3.8) is 0 Å². The molecule has 0 aliphatic rings. The van der Waals surface area contributed by atoms with Gasteiger partial charge in [-0.15, -0.1) is 0 Å². The fraction of sp³-hybridized carbons (Fsp3) is 0.125. The number of fused-ring (bicyclic) bond motifs is 1. The van der Waals surface area contributed by atoms with Gasteiger partial charge < -0.3 is 4.57 Å². The van der Waals surface area contributed by atoms with Crippen molar-refractivity contribution in [1.82, 2.24) is 4.57 Å². The number of aryl methyl sites for hydroxylation is 1. The monoisotopic (exact) mass is 378 g/mol. The van der Waals surface area contributed by atoms with Crippen molar-refractivity contribution in [2.75, 3.05) is 0 Å². The third-order valence-electron chi connectivity index (χ3n) is 3.23. The van der Waals surface area contributed by atoms with Gasteiger partial charge in [-0.1, -0.05) is 33.3 Å². The zero-order valence-corrected chi connectivity index (χ0v) is 14.1. The highest BCUT2D eigenvalue weighted by Crippen LogP contribution is 2.22. The first kappa shape index (κ1) is 15.1. The molecule has 1 aromatic heterocycles. The summed E-state index contributed by atoms with van der Waals surface area (Å²) in [6.07, 6.45) is 0. The first-order valence-corrected chi connectivity index (χ1v) is 8.33. The Morgan fingerprint density at radius 2 is 2.14 bits per heavy atom. The van der Waals surface area contributed by atoms with Crippen molar-refractivity contribution in [3.8, 4) is 0 Å². The molecule has 0 aliphatic carbocycles. The number of carbonyl (C=O) groups excluding carboxylic acids is 1. The summed E-state index contributed by atoms with van der Waals surface area (Å²) >= 11 is 4.88. The van der Waals surface area contributed by atoms with Gasteiger partial charge in [-0.25, -0.2) is 4.39 Å². The van der Waals surface area contributed by atoms with Crippen molar-refractivity contribution in [2.24, 2.45) is 4.99 Å². The second-order valence-electron chi connectivity index (χ2n) is 4.67. The molecule has 0 bridgehead atoms. The Balaban J connectivity index is 2.14. The average molecular weight is 379 g/mol. The van der Waals surface area contributed by atoms with E-state index in [2.05, 4.69) is 20.9 Å². The van der Waals surface area contributed by atoms with Gasteiger partial charge in [-0.3, -0.25) is 4.79 Å². The molecule has 0 spiro atoms. The first-order chi connectivity index (χ1) is 10.6. The molecule has 3 aromatic rings. The number of aromatic nitrogens is 1. The van der Waals surface area contributed by atoms with Crippen LogP contribution in [-0.2, 0) is 6.54 Å². The summed E-state index contributed by atoms with van der Waals surface area (Å²) in [5.41, 5.74) is 1.28. The standard InChI is InChI=1S/C16H12BrFN2OS/c1-2-20-13-7-6-11(17)9-14(13)22-16(20)19-15(21)10-4-3-5-12(18)8-10/h3-9H,2H2,1H3. The van der Waals surface area contributed by atoms with E-state index in [0.717, 1.165) is 14.7 Å². The Morgan fingerprint density at radius 3 is 2.86 bits per heavy atom. The van der Waals surface area contributed by atoms with Crippen LogP contribution in [0.15, 0.2) is 51.9 Å². The van der Waals surface area contributed by atoms with E-state index in [9.17, 15) is 9.18 Å². The van der Waals surface area contributed by atoms with Crippen LogP contribution in [0, 0.1) is 5.82 Å². The quantitative estimate of drug-likeness (QED) is 0.651. The minimum absolute atomic E-state index is 0.251. The lowest BCUT2D eigenvalue weighted by molar-refractivity contribution is 0.0997. The highest BCUT2D eigenvalue weighted by Gasteiger charge is 2.09. The van der Waals surface area contributed by atoms with Crippen molar-refractivity contribution >= 4 is 43.4 Å². The van der Waals surface area contributed by atoms with Gasteiger partial charge in [0.1, 0.15) is 5.82 Å². The van der Waals surface area contributed by atoms with E-state index in [1.54, 1.807) is 6.07 Å². The number of rotatable bonds is 2. The zero-order valence-electron chi connectivity index (χ0n) is 11.7. The zero-order chi connectivity index (χ0) is 15.7. The SMILES string of the molecule is CCn1c(=NC(=O)c2cccc(F)c2)sc2cc(Br)ccc21. The van der Waals surface area contributed by atoms with Crippen LogP contribution in [0.25, 0.3) is 10.2 Å². The number of carbonyl (C=O) groups is 1. The maximum Gasteiger partial charge on any atom is 0.279 e. The molecule has 0 atom stereocenters. The number of benzene rings is 2. The molecule has 6 heteroatoms. The van der Waals surface area contributed by atoms with Crippen molar-refractivity contribution in [3.05, 3.63) is 63.1 Å². The van der Waals surface area contributed by atoms with Crippen molar-refractivity contribution in [2.45, 2.75) is 13.5 Å². The van der Waals surface area contributed by atoms with Gasteiger partial charge in [0.15, 0.2) is 4.80 Å². The van der Waals surface area contributed by atoms with Crippen LogP contribution in [0.1, 0.15) is 17.3 Å².